The van der Waals surface area contributed by atoms with Crippen molar-refractivity contribution >= 4 is 22.6 Å². The minimum atomic E-state index is 0.255. The molecule has 58 valence electrons. The van der Waals surface area contributed by atoms with Gasteiger partial charge in [-0.15, -0.1) is 0 Å². The van der Waals surface area contributed by atoms with Crippen LogP contribution in [0.2, 0.25) is 0 Å². The van der Waals surface area contributed by atoms with Crippen molar-refractivity contribution in [3.8, 4) is 0 Å². The van der Waals surface area contributed by atoms with E-state index >= 15 is 0 Å². The monoisotopic (exact) mass is 252 g/mol. The average molecular weight is 252 g/mol. The van der Waals surface area contributed by atoms with Gasteiger partial charge in [0, 0.05) is 0 Å². The molecule has 1 rings (SSSR count). The Hall–Kier alpha value is 0.430. The molecule has 0 aromatic heterocycles. The molecule has 1 fully saturated rings. The lowest BCUT2D eigenvalue weighted by Gasteiger charge is -2.31. The number of hydrogen-bond acceptors (Lipinski definition) is 1. The van der Waals surface area contributed by atoms with Gasteiger partial charge in [0.2, 0.25) is 0 Å². The Bertz CT molecular complexity index is 130. The first kappa shape index (κ1) is 8.53. The molecule has 0 aromatic rings. The Labute approximate surface area is 76.0 Å². The molecule has 0 aromatic carbocycles. The first-order valence-corrected chi connectivity index (χ1v) is 4.84. The summed E-state index contributed by atoms with van der Waals surface area (Å²) < 4.78 is 5.94. The second-order valence-electron chi connectivity index (χ2n) is 2.90. The fourth-order valence-corrected chi connectivity index (χ4v) is 2.40. The highest BCUT2D eigenvalue weighted by Crippen LogP contribution is 2.30. The molecule has 1 aliphatic rings. The van der Waals surface area contributed by atoms with Gasteiger partial charge in [-0.25, -0.2) is 0 Å². The summed E-state index contributed by atoms with van der Waals surface area (Å²) in [6.45, 7) is 8.27. The molecule has 0 aliphatic carbocycles. The van der Waals surface area contributed by atoms with Gasteiger partial charge in [0.05, 0.1) is 6.10 Å². The van der Waals surface area contributed by atoms with Crippen LogP contribution in [0.4, 0.5) is 0 Å². The second-order valence-corrected chi connectivity index (χ2v) is 4.29. The van der Waals surface area contributed by atoms with Crippen molar-refractivity contribution in [1.29, 1.82) is 0 Å². The fraction of sp³-hybridized carbons (Fsp3) is 0.750. The third-order valence-electron chi connectivity index (χ3n) is 2.05. The van der Waals surface area contributed by atoms with Gasteiger partial charge >= 0.3 is 0 Å². The van der Waals surface area contributed by atoms with Crippen LogP contribution in [0.15, 0.2) is 12.2 Å². The van der Waals surface area contributed by atoms with E-state index in [4.69, 9.17) is 4.74 Å². The topological polar surface area (TPSA) is 9.23 Å². The van der Waals surface area contributed by atoms with Crippen molar-refractivity contribution in [1.82, 2.24) is 0 Å². The summed E-state index contributed by atoms with van der Waals surface area (Å²) in [7, 11) is 0. The maximum absolute atomic E-state index is 5.56. The summed E-state index contributed by atoms with van der Waals surface area (Å²) in [5.74, 6) is 0.630. The molecule has 0 radical (unpaired) electrons. The molecule has 1 heterocycles. The van der Waals surface area contributed by atoms with Gasteiger partial charge < -0.3 is 4.74 Å². The zero-order chi connectivity index (χ0) is 7.72. The SMILES string of the molecule is C=C1C(C)CC(I)OC1C. The number of halogens is 1. The minimum absolute atomic E-state index is 0.255. The first-order chi connectivity index (χ1) is 4.61. The molecule has 1 saturated heterocycles. The summed E-state index contributed by atoms with van der Waals surface area (Å²) in [6, 6.07) is 0. The van der Waals surface area contributed by atoms with Crippen molar-refractivity contribution in [2.45, 2.75) is 30.5 Å². The number of ether oxygens (including phenoxy) is 1. The van der Waals surface area contributed by atoms with E-state index in [1.54, 1.807) is 0 Å². The van der Waals surface area contributed by atoms with E-state index in [2.05, 4.69) is 43.0 Å². The Morgan fingerprint density at radius 3 is 2.70 bits per heavy atom. The lowest BCUT2D eigenvalue weighted by atomic mass is 9.93. The molecule has 0 bridgehead atoms. The van der Waals surface area contributed by atoms with Crippen LogP contribution < -0.4 is 0 Å². The summed E-state index contributed by atoms with van der Waals surface area (Å²) >= 11 is 2.33. The quantitative estimate of drug-likeness (QED) is 0.366. The van der Waals surface area contributed by atoms with Gasteiger partial charge in [-0.05, 0) is 24.8 Å². The standard InChI is InChI=1S/C8H13IO/c1-5-4-8(9)10-7(3)6(5)2/h5,7-8H,2,4H2,1,3H3. The van der Waals surface area contributed by atoms with Crippen molar-refractivity contribution in [2.75, 3.05) is 0 Å². The van der Waals surface area contributed by atoms with E-state index in [9.17, 15) is 0 Å². The fourth-order valence-electron chi connectivity index (χ4n) is 1.19. The van der Waals surface area contributed by atoms with Crippen LogP contribution in [0.5, 0.6) is 0 Å². The molecule has 10 heavy (non-hydrogen) atoms. The van der Waals surface area contributed by atoms with E-state index < -0.39 is 0 Å². The zero-order valence-corrected chi connectivity index (χ0v) is 8.59. The maximum Gasteiger partial charge on any atom is 0.110 e. The van der Waals surface area contributed by atoms with Crippen LogP contribution in [-0.2, 0) is 4.74 Å². The Morgan fingerprint density at radius 2 is 2.20 bits per heavy atom. The Balaban J connectivity index is 2.57. The predicted octanol–water partition coefficient (Wildman–Crippen LogP) is 2.75. The van der Waals surface area contributed by atoms with E-state index in [1.165, 1.54) is 5.57 Å². The van der Waals surface area contributed by atoms with E-state index in [-0.39, 0.29) is 6.10 Å². The summed E-state index contributed by atoms with van der Waals surface area (Å²) in [5.41, 5.74) is 1.24. The molecule has 0 N–H and O–H groups in total. The van der Waals surface area contributed by atoms with E-state index in [1.807, 2.05) is 0 Å². The van der Waals surface area contributed by atoms with E-state index in [0.29, 0.717) is 10.0 Å². The Morgan fingerprint density at radius 1 is 1.60 bits per heavy atom. The van der Waals surface area contributed by atoms with Gasteiger partial charge in [-0.2, -0.15) is 0 Å². The van der Waals surface area contributed by atoms with Crippen LogP contribution in [0.3, 0.4) is 0 Å². The number of hydrogen-bond donors (Lipinski definition) is 0. The predicted molar refractivity (Wildman–Crippen MR) is 51.3 cm³/mol. The van der Waals surface area contributed by atoms with Crippen LogP contribution in [0.1, 0.15) is 20.3 Å². The molecule has 2 heteroatoms. The second kappa shape index (κ2) is 3.22. The summed E-state index contributed by atoms with van der Waals surface area (Å²) in [5, 5.41) is 0. The van der Waals surface area contributed by atoms with Crippen LogP contribution in [-0.4, -0.2) is 10.2 Å². The Kier molecular flexibility index (Phi) is 2.74. The van der Waals surface area contributed by atoms with Gasteiger partial charge in [-0.3, -0.25) is 0 Å². The largest absolute Gasteiger partial charge is 0.361 e. The normalized spacial score (nSPS) is 41.9. The van der Waals surface area contributed by atoms with Crippen LogP contribution in [0.25, 0.3) is 0 Å². The molecular weight excluding hydrogens is 239 g/mol. The van der Waals surface area contributed by atoms with Crippen molar-refractivity contribution in [3.63, 3.8) is 0 Å². The summed E-state index contributed by atoms with van der Waals surface area (Å²) in [4.78, 5) is 0. The number of rotatable bonds is 0. The van der Waals surface area contributed by atoms with Crippen molar-refractivity contribution < 1.29 is 4.74 Å². The highest BCUT2D eigenvalue weighted by molar-refractivity contribution is 14.1. The molecular formula is C8H13IO. The molecule has 1 nitrogen and oxygen atoms in total. The smallest absolute Gasteiger partial charge is 0.110 e. The molecule has 0 amide bonds. The zero-order valence-electron chi connectivity index (χ0n) is 6.43. The average Bonchev–Trinajstić information content (AvgIpc) is 1.82. The van der Waals surface area contributed by atoms with Crippen molar-refractivity contribution in [3.05, 3.63) is 12.2 Å². The minimum Gasteiger partial charge on any atom is -0.361 e. The third-order valence-corrected chi connectivity index (χ3v) is 2.85. The molecule has 3 atom stereocenters. The van der Waals surface area contributed by atoms with Crippen molar-refractivity contribution in [2.24, 2.45) is 5.92 Å². The molecule has 0 saturated carbocycles. The molecule has 0 spiro atoms. The van der Waals surface area contributed by atoms with Crippen LogP contribution in [0, 0.1) is 5.92 Å². The summed E-state index contributed by atoms with van der Waals surface area (Å²) in [6.07, 6.45) is 1.37. The van der Waals surface area contributed by atoms with Gasteiger partial charge in [0.25, 0.3) is 0 Å². The maximum atomic E-state index is 5.56. The lowest BCUT2D eigenvalue weighted by Crippen LogP contribution is -2.28. The molecule has 3 unspecified atom stereocenters. The van der Waals surface area contributed by atoms with Gasteiger partial charge in [0.1, 0.15) is 4.11 Å². The molecule has 1 aliphatic heterocycles. The number of alkyl halides is 1. The van der Waals surface area contributed by atoms with Gasteiger partial charge in [-0.1, -0.05) is 36.1 Å². The van der Waals surface area contributed by atoms with E-state index in [0.717, 1.165) is 6.42 Å². The lowest BCUT2D eigenvalue weighted by molar-refractivity contribution is 0.0371. The van der Waals surface area contributed by atoms with Gasteiger partial charge in [0.15, 0.2) is 0 Å². The highest BCUT2D eigenvalue weighted by Gasteiger charge is 2.25. The highest BCUT2D eigenvalue weighted by atomic mass is 127. The first-order valence-electron chi connectivity index (χ1n) is 3.59. The third kappa shape index (κ3) is 1.72. The van der Waals surface area contributed by atoms with Crippen LogP contribution >= 0.6 is 22.6 Å².